The Hall–Kier alpha value is -1.57. The van der Waals surface area contributed by atoms with Gasteiger partial charge in [0.05, 0.1) is 12.1 Å². The third kappa shape index (κ3) is 3.25. The first-order chi connectivity index (χ1) is 8.90. The number of nitrogens with zero attached hydrogens (tertiary/aromatic N) is 2. The number of hydrogen-bond acceptors (Lipinski definition) is 5. The van der Waals surface area contributed by atoms with Crippen LogP contribution in [0, 0.1) is 0 Å². The minimum atomic E-state index is -4.54. The van der Waals surface area contributed by atoms with Crippen LogP contribution in [0.1, 0.15) is 25.0 Å². The van der Waals surface area contributed by atoms with Gasteiger partial charge < -0.3 is 15.8 Å². The van der Waals surface area contributed by atoms with E-state index in [0.717, 1.165) is 25.3 Å². The highest BCUT2D eigenvalue weighted by Crippen LogP contribution is 2.30. The average Bonchev–Trinajstić information content (AvgIpc) is 2.74. The molecule has 0 bridgehead atoms. The monoisotopic (exact) mass is 276 g/mol. The lowest BCUT2D eigenvalue weighted by Gasteiger charge is -2.20. The summed E-state index contributed by atoms with van der Waals surface area (Å²) < 4.78 is 43.1. The molecule has 0 spiro atoms. The number of rotatable bonds is 3. The zero-order chi connectivity index (χ0) is 14.0. The second kappa shape index (κ2) is 5.20. The van der Waals surface area contributed by atoms with E-state index < -0.39 is 17.8 Å². The molecule has 1 heterocycles. The molecule has 1 aliphatic rings. The SMILES string of the molecule is COC1CCCC1Nc1cc(C(F)(F)F)nc(N)n1. The van der Waals surface area contributed by atoms with E-state index >= 15 is 0 Å². The summed E-state index contributed by atoms with van der Waals surface area (Å²) in [6.45, 7) is 0. The van der Waals surface area contributed by atoms with Crippen LogP contribution in [-0.4, -0.2) is 29.2 Å². The number of alkyl halides is 3. The van der Waals surface area contributed by atoms with Gasteiger partial charge in [-0.05, 0) is 19.3 Å². The molecule has 1 fully saturated rings. The largest absolute Gasteiger partial charge is 0.433 e. The molecule has 1 aliphatic carbocycles. The highest BCUT2D eigenvalue weighted by molar-refractivity contribution is 5.42. The fourth-order valence-electron chi connectivity index (χ4n) is 2.25. The molecule has 8 heteroatoms. The predicted molar refractivity (Wildman–Crippen MR) is 63.5 cm³/mol. The van der Waals surface area contributed by atoms with Crippen molar-refractivity contribution in [2.24, 2.45) is 0 Å². The molecule has 2 unspecified atom stereocenters. The van der Waals surface area contributed by atoms with Crippen LogP contribution in [-0.2, 0) is 10.9 Å². The number of aromatic nitrogens is 2. The second-order valence-electron chi connectivity index (χ2n) is 4.45. The maximum Gasteiger partial charge on any atom is 0.433 e. The molecule has 0 saturated heterocycles. The van der Waals surface area contributed by atoms with Gasteiger partial charge in [0.1, 0.15) is 5.82 Å². The van der Waals surface area contributed by atoms with Crippen LogP contribution >= 0.6 is 0 Å². The Morgan fingerprint density at radius 2 is 2.11 bits per heavy atom. The van der Waals surface area contributed by atoms with Gasteiger partial charge in [-0.15, -0.1) is 0 Å². The van der Waals surface area contributed by atoms with E-state index in [4.69, 9.17) is 10.5 Å². The van der Waals surface area contributed by atoms with Gasteiger partial charge in [-0.25, -0.2) is 4.98 Å². The average molecular weight is 276 g/mol. The van der Waals surface area contributed by atoms with Gasteiger partial charge >= 0.3 is 6.18 Å². The summed E-state index contributed by atoms with van der Waals surface area (Å²) >= 11 is 0. The minimum absolute atomic E-state index is 0.0227. The van der Waals surface area contributed by atoms with Crippen molar-refractivity contribution in [2.45, 2.75) is 37.6 Å². The maximum absolute atomic E-state index is 12.6. The Bertz CT molecular complexity index is 452. The fraction of sp³-hybridized carbons (Fsp3) is 0.636. The van der Waals surface area contributed by atoms with E-state index in [-0.39, 0.29) is 18.0 Å². The van der Waals surface area contributed by atoms with Gasteiger partial charge in [-0.2, -0.15) is 18.2 Å². The lowest BCUT2D eigenvalue weighted by molar-refractivity contribution is -0.141. The maximum atomic E-state index is 12.6. The third-order valence-electron chi connectivity index (χ3n) is 3.12. The van der Waals surface area contributed by atoms with E-state index in [2.05, 4.69) is 15.3 Å². The topological polar surface area (TPSA) is 73.1 Å². The molecule has 1 saturated carbocycles. The van der Waals surface area contributed by atoms with Crippen LogP contribution in [0.5, 0.6) is 0 Å². The molecule has 2 atom stereocenters. The number of nitrogen functional groups attached to an aromatic ring is 1. The molecule has 2 rings (SSSR count). The van der Waals surface area contributed by atoms with Gasteiger partial charge in [0.15, 0.2) is 5.69 Å². The van der Waals surface area contributed by atoms with Gasteiger partial charge in [0.2, 0.25) is 5.95 Å². The Balaban J connectivity index is 2.18. The Labute approximate surface area is 108 Å². The molecule has 0 amide bonds. The van der Waals surface area contributed by atoms with Crippen LogP contribution in [0.4, 0.5) is 24.9 Å². The van der Waals surface area contributed by atoms with Gasteiger partial charge in [-0.1, -0.05) is 0 Å². The van der Waals surface area contributed by atoms with Crippen LogP contribution in [0.15, 0.2) is 6.07 Å². The molecular weight excluding hydrogens is 261 g/mol. The van der Waals surface area contributed by atoms with Crippen LogP contribution in [0.3, 0.4) is 0 Å². The van der Waals surface area contributed by atoms with Crippen molar-refractivity contribution in [3.8, 4) is 0 Å². The summed E-state index contributed by atoms with van der Waals surface area (Å²) in [4.78, 5) is 6.97. The minimum Gasteiger partial charge on any atom is -0.379 e. The highest BCUT2D eigenvalue weighted by Gasteiger charge is 2.34. The summed E-state index contributed by atoms with van der Waals surface area (Å²) in [5.41, 5.74) is 4.26. The zero-order valence-corrected chi connectivity index (χ0v) is 10.4. The van der Waals surface area contributed by atoms with Gasteiger partial charge in [-0.3, -0.25) is 0 Å². The second-order valence-corrected chi connectivity index (χ2v) is 4.45. The van der Waals surface area contributed by atoms with Crippen molar-refractivity contribution in [1.82, 2.24) is 9.97 Å². The van der Waals surface area contributed by atoms with Crippen molar-refractivity contribution >= 4 is 11.8 Å². The molecule has 106 valence electrons. The fourth-order valence-corrected chi connectivity index (χ4v) is 2.25. The van der Waals surface area contributed by atoms with Crippen LogP contribution in [0.25, 0.3) is 0 Å². The van der Waals surface area contributed by atoms with Crippen LogP contribution < -0.4 is 11.1 Å². The van der Waals surface area contributed by atoms with Crippen molar-refractivity contribution in [1.29, 1.82) is 0 Å². The summed E-state index contributed by atoms with van der Waals surface area (Å²) in [6, 6.07) is 0.807. The number of nitrogens with one attached hydrogen (secondary N) is 1. The number of ether oxygens (including phenoxy) is 1. The summed E-state index contributed by atoms with van der Waals surface area (Å²) in [7, 11) is 1.58. The predicted octanol–water partition coefficient (Wildman–Crippen LogP) is 2.06. The molecule has 3 N–H and O–H groups in total. The molecule has 19 heavy (non-hydrogen) atoms. The van der Waals surface area contributed by atoms with Gasteiger partial charge in [0, 0.05) is 13.2 Å². The molecule has 0 aromatic carbocycles. The quantitative estimate of drug-likeness (QED) is 0.884. The van der Waals surface area contributed by atoms with E-state index in [1.165, 1.54) is 0 Å². The first kappa shape index (κ1) is 13.9. The Kier molecular flexibility index (Phi) is 3.79. The van der Waals surface area contributed by atoms with Crippen molar-refractivity contribution in [3.05, 3.63) is 11.8 Å². The summed E-state index contributed by atoms with van der Waals surface area (Å²) in [5, 5.41) is 2.94. The normalized spacial score (nSPS) is 23.6. The number of nitrogens with two attached hydrogens (primary N) is 1. The van der Waals surface area contributed by atoms with Crippen molar-refractivity contribution in [3.63, 3.8) is 0 Å². The number of anilines is 2. The highest BCUT2D eigenvalue weighted by atomic mass is 19.4. The summed E-state index contributed by atoms with van der Waals surface area (Å²) in [6.07, 6.45) is -1.90. The van der Waals surface area contributed by atoms with E-state index in [1.54, 1.807) is 7.11 Å². The van der Waals surface area contributed by atoms with Crippen molar-refractivity contribution < 1.29 is 17.9 Å². The molecule has 5 nitrogen and oxygen atoms in total. The molecule has 0 radical (unpaired) electrons. The lowest BCUT2D eigenvalue weighted by Crippen LogP contribution is -2.30. The summed E-state index contributed by atoms with van der Waals surface area (Å²) in [5.74, 6) is -0.321. The number of methoxy groups -OCH3 is 1. The standard InChI is InChI=1S/C11H15F3N4O/c1-19-7-4-2-3-6(7)16-9-5-8(11(12,13)14)17-10(15)18-9/h5-7H,2-4H2,1H3,(H3,15,16,17,18). The Morgan fingerprint density at radius 1 is 1.37 bits per heavy atom. The lowest BCUT2D eigenvalue weighted by atomic mass is 10.2. The van der Waals surface area contributed by atoms with Crippen molar-refractivity contribution in [2.75, 3.05) is 18.2 Å². The first-order valence-electron chi connectivity index (χ1n) is 5.91. The zero-order valence-electron chi connectivity index (χ0n) is 10.4. The molecular formula is C11H15F3N4O. The van der Waals surface area contributed by atoms with Crippen LogP contribution in [0.2, 0.25) is 0 Å². The van der Waals surface area contributed by atoms with Gasteiger partial charge in [0.25, 0.3) is 0 Å². The molecule has 1 aromatic heterocycles. The molecule has 0 aliphatic heterocycles. The molecule has 1 aromatic rings. The van der Waals surface area contributed by atoms with E-state index in [1.807, 2.05) is 0 Å². The Morgan fingerprint density at radius 3 is 2.74 bits per heavy atom. The van der Waals surface area contributed by atoms with E-state index in [9.17, 15) is 13.2 Å². The number of halogens is 3. The first-order valence-corrected chi connectivity index (χ1v) is 5.91. The van der Waals surface area contributed by atoms with E-state index in [0.29, 0.717) is 0 Å². The third-order valence-corrected chi connectivity index (χ3v) is 3.12. The number of hydrogen-bond donors (Lipinski definition) is 2. The smallest absolute Gasteiger partial charge is 0.379 e.